The van der Waals surface area contributed by atoms with Crippen molar-refractivity contribution in [1.29, 1.82) is 0 Å². The largest absolute Gasteiger partial charge is 0.330 e. The number of nitrogens with two attached hydrogens (primary N) is 1. The van der Waals surface area contributed by atoms with Crippen molar-refractivity contribution >= 4 is 0 Å². The molecular weight excluding hydrogens is 206 g/mol. The Morgan fingerprint density at radius 3 is 1.35 bits per heavy atom. The molecule has 1 nitrogen and oxygen atoms in total. The minimum Gasteiger partial charge on any atom is -0.330 e. The third-order valence-electron chi connectivity index (χ3n) is 4.40. The fourth-order valence-corrected chi connectivity index (χ4v) is 4.04. The fraction of sp³-hybridized carbons (Fsp3) is 0.938. The first-order valence-corrected chi connectivity index (χ1v) is 7.29. The molecule has 0 rings (SSSR count). The lowest BCUT2D eigenvalue weighted by molar-refractivity contribution is 0.0805. The monoisotopic (exact) mass is 240 g/mol. The van der Waals surface area contributed by atoms with Crippen LogP contribution in [0, 0.1) is 35.0 Å². The van der Waals surface area contributed by atoms with Gasteiger partial charge in [0.2, 0.25) is 0 Å². The average Bonchev–Trinajstić information content (AvgIpc) is 2.14. The molecule has 0 saturated heterocycles. The van der Waals surface area contributed by atoms with Gasteiger partial charge in [-0.2, -0.15) is 0 Å². The van der Waals surface area contributed by atoms with Gasteiger partial charge in [0, 0.05) is 0 Å². The zero-order chi connectivity index (χ0) is 13.8. The van der Waals surface area contributed by atoms with Gasteiger partial charge in [-0.25, -0.2) is 0 Å². The summed E-state index contributed by atoms with van der Waals surface area (Å²) in [5.74, 6) is 4.32. The van der Waals surface area contributed by atoms with Gasteiger partial charge in [-0.05, 0) is 48.0 Å². The van der Waals surface area contributed by atoms with Crippen LogP contribution in [0.15, 0.2) is 0 Å². The maximum atomic E-state index is 5.91. The molecule has 2 N–H and O–H groups in total. The van der Waals surface area contributed by atoms with Gasteiger partial charge >= 0.3 is 0 Å². The van der Waals surface area contributed by atoms with Crippen LogP contribution in [0.1, 0.15) is 61.8 Å². The molecule has 0 heterocycles. The summed E-state index contributed by atoms with van der Waals surface area (Å²) in [5, 5.41) is 0. The second-order valence-electron chi connectivity index (χ2n) is 6.65. The summed E-state index contributed by atoms with van der Waals surface area (Å²) in [5.41, 5.74) is 6.22. The molecule has 17 heavy (non-hydrogen) atoms. The third-order valence-corrected chi connectivity index (χ3v) is 4.40. The molecule has 0 saturated carbocycles. The molecule has 0 aromatic rings. The summed E-state index contributed by atoms with van der Waals surface area (Å²) in [6.45, 7) is 19.6. The van der Waals surface area contributed by atoms with Gasteiger partial charge in [0.15, 0.2) is 0 Å². The Hall–Kier alpha value is -0.0400. The van der Waals surface area contributed by atoms with Gasteiger partial charge in [0.05, 0.1) is 0 Å². The van der Waals surface area contributed by atoms with Crippen LogP contribution in [-0.4, -0.2) is 6.54 Å². The Morgan fingerprint density at radius 1 is 0.824 bits per heavy atom. The highest BCUT2D eigenvalue weighted by Gasteiger charge is 2.46. The predicted molar refractivity (Wildman–Crippen MR) is 78.7 cm³/mol. The van der Waals surface area contributed by atoms with Crippen LogP contribution in [0.25, 0.3) is 0 Å². The highest BCUT2D eigenvalue weighted by atomic mass is 14.6. The minimum absolute atomic E-state index is 0.303. The molecule has 0 atom stereocenters. The van der Waals surface area contributed by atoms with Crippen molar-refractivity contribution in [2.45, 2.75) is 61.8 Å². The predicted octanol–water partition coefficient (Wildman–Crippen LogP) is 4.52. The number of hydrogen-bond acceptors (Lipinski definition) is 1. The standard InChI is InChI=1S/C16H34N/c1-11(2)15(12(3)4)16(9-10-17,13(5)6)14(7)8/h11-14H,9-10,17H2,1-8H3. The van der Waals surface area contributed by atoms with Crippen molar-refractivity contribution in [2.75, 3.05) is 6.54 Å². The first-order chi connectivity index (χ1) is 7.71. The van der Waals surface area contributed by atoms with Gasteiger partial charge in [-0.1, -0.05) is 55.4 Å². The lowest BCUT2D eigenvalue weighted by Gasteiger charge is -2.51. The van der Waals surface area contributed by atoms with Gasteiger partial charge in [-0.3, -0.25) is 0 Å². The van der Waals surface area contributed by atoms with Gasteiger partial charge in [0.1, 0.15) is 0 Å². The Morgan fingerprint density at radius 2 is 1.18 bits per heavy atom. The van der Waals surface area contributed by atoms with Crippen molar-refractivity contribution < 1.29 is 0 Å². The van der Waals surface area contributed by atoms with E-state index < -0.39 is 0 Å². The summed E-state index contributed by atoms with van der Waals surface area (Å²) in [7, 11) is 0. The van der Waals surface area contributed by atoms with E-state index in [1.54, 1.807) is 5.92 Å². The Labute approximate surface area is 110 Å². The van der Waals surface area contributed by atoms with E-state index in [0.717, 1.165) is 13.0 Å². The Bertz CT molecular complexity index is 188. The van der Waals surface area contributed by atoms with Crippen molar-refractivity contribution in [3.05, 3.63) is 5.92 Å². The Kier molecular flexibility index (Phi) is 6.76. The highest BCUT2D eigenvalue weighted by Crippen LogP contribution is 2.52. The van der Waals surface area contributed by atoms with E-state index in [2.05, 4.69) is 55.4 Å². The molecule has 0 aliphatic carbocycles. The molecular formula is C16H34N. The first-order valence-electron chi connectivity index (χ1n) is 7.29. The third kappa shape index (κ3) is 3.47. The maximum absolute atomic E-state index is 5.91. The van der Waals surface area contributed by atoms with Crippen LogP contribution < -0.4 is 5.73 Å². The van der Waals surface area contributed by atoms with E-state index in [1.165, 1.54) is 0 Å². The van der Waals surface area contributed by atoms with Crippen molar-refractivity contribution in [3.8, 4) is 0 Å². The van der Waals surface area contributed by atoms with Crippen LogP contribution in [0.4, 0.5) is 0 Å². The van der Waals surface area contributed by atoms with Gasteiger partial charge in [-0.15, -0.1) is 0 Å². The second-order valence-corrected chi connectivity index (χ2v) is 6.65. The maximum Gasteiger partial charge on any atom is -0.00716 e. The fourth-order valence-electron chi connectivity index (χ4n) is 4.04. The van der Waals surface area contributed by atoms with E-state index in [-0.39, 0.29) is 0 Å². The summed E-state index contributed by atoms with van der Waals surface area (Å²) < 4.78 is 0. The Balaban J connectivity index is 5.51. The van der Waals surface area contributed by atoms with E-state index in [0.29, 0.717) is 29.1 Å². The highest BCUT2D eigenvalue weighted by molar-refractivity contribution is 5.13. The lowest BCUT2D eigenvalue weighted by atomic mass is 9.54. The number of rotatable bonds is 7. The van der Waals surface area contributed by atoms with Crippen LogP contribution in [0.3, 0.4) is 0 Å². The zero-order valence-corrected chi connectivity index (χ0v) is 13.3. The smallest absolute Gasteiger partial charge is 0.00716 e. The zero-order valence-electron chi connectivity index (χ0n) is 13.3. The molecule has 0 aromatic carbocycles. The summed E-state index contributed by atoms with van der Waals surface area (Å²) in [6.07, 6.45) is 1.12. The van der Waals surface area contributed by atoms with Crippen LogP contribution in [-0.2, 0) is 0 Å². The second kappa shape index (κ2) is 6.78. The van der Waals surface area contributed by atoms with E-state index in [4.69, 9.17) is 5.73 Å². The van der Waals surface area contributed by atoms with Gasteiger partial charge < -0.3 is 5.73 Å². The van der Waals surface area contributed by atoms with E-state index >= 15 is 0 Å². The summed E-state index contributed by atoms with van der Waals surface area (Å²) >= 11 is 0. The topological polar surface area (TPSA) is 26.0 Å². The first kappa shape index (κ1) is 17.0. The van der Waals surface area contributed by atoms with Gasteiger partial charge in [0.25, 0.3) is 0 Å². The molecule has 0 spiro atoms. The molecule has 0 aliphatic heterocycles. The van der Waals surface area contributed by atoms with Crippen LogP contribution in [0.5, 0.6) is 0 Å². The summed E-state index contributed by atoms with van der Waals surface area (Å²) in [6, 6.07) is 0. The normalized spacial score (nSPS) is 13.8. The van der Waals surface area contributed by atoms with Crippen molar-refractivity contribution in [1.82, 2.24) is 0 Å². The molecule has 0 aliphatic rings. The SMILES string of the molecule is CC(C)[C](C(C)C)C(CCN)(C(C)C)C(C)C. The number of hydrogen-bond donors (Lipinski definition) is 1. The molecule has 0 unspecified atom stereocenters. The molecule has 0 aromatic heterocycles. The van der Waals surface area contributed by atoms with Crippen LogP contribution >= 0.6 is 0 Å². The van der Waals surface area contributed by atoms with E-state index in [9.17, 15) is 0 Å². The molecule has 0 fully saturated rings. The average molecular weight is 240 g/mol. The minimum atomic E-state index is 0.303. The van der Waals surface area contributed by atoms with Crippen molar-refractivity contribution in [3.63, 3.8) is 0 Å². The molecule has 1 radical (unpaired) electrons. The molecule has 1 heteroatoms. The molecule has 103 valence electrons. The lowest BCUT2D eigenvalue weighted by Crippen LogP contribution is -2.45. The quantitative estimate of drug-likeness (QED) is 0.695. The summed E-state index contributed by atoms with van der Waals surface area (Å²) in [4.78, 5) is 0. The van der Waals surface area contributed by atoms with Crippen LogP contribution in [0.2, 0.25) is 0 Å². The molecule has 0 amide bonds. The van der Waals surface area contributed by atoms with E-state index in [1.807, 2.05) is 0 Å². The molecule has 0 bridgehead atoms. The van der Waals surface area contributed by atoms with Crippen molar-refractivity contribution in [2.24, 2.45) is 34.8 Å².